The first-order chi connectivity index (χ1) is 11.1. The van der Waals surface area contributed by atoms with Crippen LogP contribution in [0.15, 0.2) is 24.3 Å². The number of nitrogens with one attached hydrogen (secondary N) is 1. The molecular formula is C21H29NO. The number of hydrogen-bond donors (Lipinski definition) is 1. The molecule has 0 heterocycles. The number of benzene rings is 1. The summed E-state index contributed by atoms with van der Waals surface area (Å²) >= 11 is 0. The van der Waals surface area contributed by atoms with Gasteiger partial charge in [0, 0.05) is 5.69 Å². The lowest BCUT2D eigenvalue weighted by Crippen LogP contribution is -2.51. The molecule has 2 nitrogen and oxygen atoms in total. The van der Waals surface area contributed by atoms with Crippen LogP contribution in [-0.4, -0.2) is 5.91 Å². The molecule has 4 fully saturated rings. The summed E-state index contributed by atoms with van der Waals surface area (Å²) in [4.78, 5) is 13.2. The van der Waals surface area contributed by atoms with Crippen LogP contribution in [0.25, 0.3) is 0 Å². The summed E-state index contributed by atoms with van der Waals surface area (Å²) in [6.45, 7) is 4.46. The van der Waals surface area contributed by atoms with Gasteiger partial charge in [0.05, 0.1) is 5.41 Å². The van der Waals surface area contributed by atoms with Crippen molar-refractivity contribution in [3.63, 3.8) is 0 Å². The molecule has 1 amide bonds. The van der Waals surface area contributed by atoms with Crippen molar-refractivity contribution in [2.45, 2.75) is 64.7 Å². The predicted octanol–water partition coefficient (Wildman–Crippen LogP) is 5.36. The predicted molar refractivity (Wildman–Crippen MR) is 94.4 cm³/mol. The van der Waals surface area contributed by atoms with E-state index < -0.39 is 0 Å². The molecular weight excluding hydrogens is 282 g/mol. The van der Waals surface area contributed by atoms with Gasteiger partial charge in [-0.15, -0.1) is 0 Å². The fraction of sp³-hybridized carbons (Fsp3) is 0.667. The van der Waals surface area contributed by atoms with Gasteiger partial charge in [0.2, 0.25) is 5.91 Å². The zero-order valence-corrected chi connectivity index (χ0v) is 14.5. The van der Waals surface area contributed by atoms with Gasteiger partial charge < -0.3 is 5.32 Å². The molecule has 4 aliphatic carbocycles. The van der Waals surface area contributed by atoms with E-state index >= 15 is 0 Å². The highest BCUT2D eigenvalue weighted by atomic mass is 16.2. The Balaban J connectivity index is 1.57. The minimum absolute atomic E-state index is 0.0582. The van der Waals surface area contributed by atoms with E-state index in [9.17, 15) is 4.79 Å². The molecule has 2 heteroatoms. The normalized spacial score (nSPS) is 36.0. The third-order valence-corrected chi connectivity index (χ3v) is 6.87. The van der Waals surface area contributed by atoms with Crippen molar-refractivity contribution in [2.24, 2.45) is 23.2 Å². The van der Waals surface area contributed by atoms with Crippen molar-refractivity contribution in [2.75, 3.05) is 5.32 Å². The van der Waals surface area contributed by atoms with Crippen LogP contribution < -0.4 is 5.32 Å². The summed E-state index contributed by atoms with van der Waals surface area (Å²) < 4.78 is 0. The molecule has 1 aromatic rings. The van der Waals surface area contributed by atoms with Gasteiger partial charge in [-0.2, -0.15) is 0 Å². The number of carbonyl (C=O) groups is 1. The van der Waals surface area contributed by atoms with Crippen LogP contribution in [-0.2, 0) is 4.79 Å². The van der Waals surface area contributed by atoms with E-state index in [-0.39, 0.29) is 5.41 Å². The Morgan fingerprint density at radius 1 is 1.13 bits per heavy atom. The maximum Gasteiger partial charge on any atom is 0.230 e. The molecule has 0 aliphatic heterocycles. The van der Waals surface area contributed by atoms with Crippen LogP contribution in [0, 0.1) is 23.2 Å². The molecule has 1 aromatic carbocycles. The summed E-state index contributed by atoms with van der Waals surface area (Å²) in [5.74, 6) is 3.25. The highest BCUT2D eigenvalue weighted by molar-refractivity contribution is 5.96. The quantitative estimate of drug-likeness (QED) is 0.797. The fourth-order valence-electron chi connectivity index (χ4n) is 5.90. The van der Waals surface area contributed by atoms with E-state index in [0.29, 0.717) is 11.8 Å². The summed E-state index contributed by atoms with van der Waals surface area (Å²) in [6.07, 6.45) is 8.66. The molecule has 1 unspecified atom stereocenters. The molecule has 5 rings (SSSR count). The minimum atomic E-state index is -0.0582. The van der Waals surface area contributed by atoms with E-state index in [1.807, 2.05) is 6.07 Å². The highest BCUT2D eigenvalue weighted by Crippen LogP contribution is 2.60. The first-order valence-electron chi connectivity index (χ1n) is 9.50. The molecule has 0 saturated heterocycles. The second-order valence-corrected chi connectivity index (χ2v) is 8.55. The molecule has 23 heavy (non-hydrogen) atoms. The van der Waals surface area contributed by atoms with E-state index in [2.05, 4.69) is 37.4 Å². The number of amides is 1. The Morgan fingerprint density at radius 2 is 1.70 bits per heavy atom. The standard InChI is InChI=1S/C21H29NO/c1-3-14(2)18-6-4-5-7-19(18)22-20(23)21-11-15-8-16(12-21)10-17(9-15)13-21/h4-7,14-17H,3,8-13H2,1-2H3,(H,22,23). The summed E-state index contributed by atoms with van der Waals surface area (Å²) in [5, 5.41) is 3.34. The van der Waals surface area contributed by atoms with Crippen molar-refractivity contribution < 1.29 is 4.79 Å². The zero-order valence-electron chi connectivity index (χ0n) is 14.5. The van der Waals surface area contributed by atoms with E-state index in [1.165, 1.54) is 24.8 Å². The van der Waals surface area contributed by atoms with Gasteiger partial charge in [-0.25, -0.2) is 0 Å². The Morgan fingerprint density at radius 3 is 2.26 bits per heavy atom. The Kier molecular flexibility index (Phi) is 3.74. The number of carbonyl (C=O) groups excluding carboxylic acids is 1. The van der Waals surface area contributed by atoms with Gasteiger partial charge in [-0.1, -0.05) is 32.0 Å². The second-order valence-electron chi connectivity index (χ2n) is 8.55. The Labute approximate surface area is 140 Å². The van der Waals surface area contributed by atoms with Crippen LogP contribution in [0.3, 0.4) is 0 Å². The highest BCUT2D eigenvalue weighted by Gasteiger charge is 2.54. The maximum atomic E-state index is 13.2. The van der Waals surface area contributed by atoms with Crippen LogP contribution in [0.4, 0.5) is 5.69 Å². The van der Waals surface area contributed by atoms with Gasteiger partial charge in [0.1, 0.15) is 0 Å². The van der Waals surface area contributed by atoms with Crippen LogP contribution in [0.1, 0.15) is 70.3 Å². The van der Waals surface area contributed by atoms with Gasteiger partial charge in [-0.3, -0.25) is 4.79 Å². The maximum absolute atomic E-state index is 13.2. The molecule has 0 spiro atoms. The van der Waals surface area contributed by atoms with Gasteiger partial charge in [0.15, 0.2) is 0 Å². The average Bonchev–Trinajstić information content (AvgIpc) is 2.53. The summed E-state index contributed by atoms with van der Waals surface area (Å²) in [6, 6.07) is 8.38. The van der Waals surface area contributed by atoms with E-state index in [4.69, 9.17) is 0 Å². The largest absolute Gasteiger partial charge is 0.325 e. The molecule has 4 bridgehead atoms. The van der Waals surface area contributed by atoms with Crippen molar-refractivity contribution >= 4 is 11.6 Å². The lowest BCUT2D eigenvalue weighted by atomic mass is 9.49. The first-order valence-corrected chi connectivity index (χ1v) is 9.50. The molecule has 4 saturated carbocycles. The van der Waals surface area contributed by atoms with Crippen molar-refractivity contribution in [3.8, 4) is 0 Å². The van der Waals surface area contributed by atoms with E-state index in [0.717, 1.165) is 49.1 Å². The van der Waals surface area contributed by atoms with Crippen molar-refractivity contribution in [3.05, 3.63) is 29.8 Å². The third-order valence-electron chi connectivity index (χ3n) is 6.87. The monoisotopic (exact) mass is 311 g/mol. The Bertz CT molecular complexity index is 570. The molecule has 1 atom stereocenters. The van der Waals surface area contributed by atoms with E-state index in [1.54, 1.807) is 0 Å². The number of hydrogen-bond acceptors (Lipinski definition) is 1. The number of para-hydroxylation sites is 1. The average molecular weight is 311 g/mol. The molecule has 0 radical (unpaired) electrons. The zero-order chi connectivity index (χ0) is 16.0. The summed E-state index contributed by atoms with van der Waals surface area (Å²) in [5.41, 5.74) is 2.27. The van der Waals surface area contributed by atoms with Crippen LogP contribution in [0.2, 0.25) is 0 Å². The van der Waals surface area contributed by atoms with Crippen molar-refractivity contribution in [1.82, 2.24) is 0 Å². The Hall–Kier alpha value is -1.31. The smallest absolute Gasteiger partial charge is 0.230 e. The lowest BCUT2D eigenvalue weighted by Gasteiger charge is -2.55. The van der Waals surface area contributed by atoms with Gasteiger partial charge in [-0.05, 0) is 80.2 Å². The van der Waals surface area contributed by atoms with Gasteiger partial charge in [0.25, 0.3) is 0 Å². The van der Waals surface area contributed by atoms with Crippen LogP contribution >= 0.6 is 0 Å². The molecule has 1 N–H and O–H groups in total. The first kappa shape index (κ1) is 15.2. The van der Waals surface area contributed by atoms with Crippen molar-refractivity contribution in [1.29, 1.82) is 0 Å². The molecule has 4 aliphatic rings. The fourth-order valence-corrected chi connectivity index (χ4v) is 5.90. The number of rotatable bonds is 4. The summed E-state index contributed by atoms with van der Waals surface area (Å²) in [7, 11) is 0. The van der Waals surface area contributed by atoms with Crippen LogP contribution in [0.5, 0.6) is 0 Å². The lowest BCUT2D eigenvalue weighted by molar-refractivity contribution is -0.140. The third kappa shape index (κ3) is 2.60. The molecule has 124 valence electrons. The van der Waals surface area contributed by atoms with Gasteiger partial charge >= 0.3 is 0 Å². The topological polar surface area (TPSA) is 29.1 Å². The number of anilines is 1. The SMILES string of the molecule is CCC(C)c1ccccc1NC(=O)C12CC3CC(CC(C3)C1)C2. The second kappa shape index (κ2) is 5.65. The molecule has 0 aromatic heterocycles. The minimum Gasteiger partial charge on any atom is -0.325 e.